The first-order valence-electron chi connectivity index (χ1n) is 6.46. The predicted molar refractivity (Wildman–Crippen MR) is 74.8 cm³/mol. The Labute approximate surface area is 117 Å². The number of aryl methyl sites for hydroxylation is 1. The van der Waals surface area contributed by atoms with Gasteiger partial charge in [0.25, 0.3) is 0 Å². The van der Waals surface area contributed by atoms with Crippen molar-refractivity contribution in [2.75, 3.05) is 5.73 Å². The van der Waals surface area contributed by atoms with Crippen LogP contribution in [0.25, 0.3) is 0 Å². The van der Waals surface area contributed by atoms with Gasteiger partial charge in [0.15, 0.2) is 5.82 Å². The molecule has 0 fully saturated rings. The van der Waals surface area contributed by atoms with E-state index in [1.165, 1.54) is 0 Å². The first-order chi connectivity index (χ1) is 9.54. The zero-order chi connectivity index (χ0) is 14.5. The zero-order valence-corrected chi connectivity index (χ0v) is 11.6. The third-order valence-electron chi connectivity index (χ3n) is 3.00. The van der Waals surface area contributed by atoms with Gasteiger partial charge < -0.3 is 15.6 Å². The first kappa shape index (κ1) is 14.0. The van der Waals surface area contributed by atoms with Gasteiger partial charge in [-0.05, 0) is 30.5 Å². The summed E-state index contributed by atoms with van der Waals surface area (Å²) in [6.45, 7) is 3.99. The lowest BCUT2D eigenvalue weighted by Crippen LogP contribution is -2.24. The molecule has 0 aliphatic rings. The van der Waals surface area contributed by atoms with Crippen LogP contribution in [-0.4, -0.2) is 16.0 Å². The molecule has 0 bridgehead atoms. The fraction of sp³-hybridized carbons (Fsp3) is 0.357. The molecule has 2 aromatic rings. The average Bonchev–Trinajstić information content (AvgIpc) is 2.83. The van der Waals surface area contributed by atoms with Crippen LogP contribution in [0.4, 0.5) is 5.69 Å². The van der Waals surface area contributed by atoms with E-state index in [2.05, 4.69) is 15.5 Å². The fourth-order valence-electron chi connectivity index (χ4n) is 1.88. The number of nitrogens with one attached hydrogen (secondary N) is 1. The Morgan fingerprint density at radius 2 is 2.10 bits per heavy atom. The minimum absolute atomic E-state index is 0.0508. The summed E-state index contributed by atoms with van der Waals surface area (Å²) in [6.07, 6.45) is 0.400. The monoisotopic (exact) mass is 274 g/mol. The summed E-state index contributed by atoms with van der Waals surface area (Å²) < 4.78 is 4.93. The van der Waals surface area contributed by atoms with Crippen LogP contribution in [0.15, 0.2) is 28.8 Å². The van der Waals surface area contributed by atoms with Gasteiger partial charge in [0.05, 0.1) is 6.54 Å². The van der Waals surface area contributed by atoms with Crippen molar-refractivity contribution < 1.29 is 9.32 Å². The van der Waals surface area contributed by atoms with Gasteiger partial charge in [0, 0.05) is 12.1 Å². The summed E-state index contributed by atoms with van der Waals surface area (Å²) in [7, 11) is 0. The van der Waals surface area contributed by atoms with E-state index in [1.807, 2.05) is 31.2 Å². The Morgan fingerprint density at radius 3 is 2.70 bits per heavy atom. The van der Waals surface area contributed by atoms with Crippen molar-refractivity contribution in [3.05, 3.63) is 41.5 Å². The van der Waals surface area contributed by atoms with Gasteiger partial charge in [-0.3, -0.25) is 4.79 Å². The fourth-order valence-corrected chi connectivity index (χ4v) is 1.88. The highest BCUT2D eigenvalue weighted by atomic mass is 16.5. The van der Waals surface area contributed by atoms with E-state index in [-0.39, 0.29) is 18.4 Å². The number of benzene rings is 1. The Kier molecular flexibility index (Phi) is 4.34. The number of nitrogens with two attached hydrogens (primary N) is 1. The number of rotatable bonds is 5. The molecule has 1 heterocycles. The van der Waals surface area contributed by atoms with Crippen LogP contribution >= 0.6 is 0 Å². The quantitative estimate of drug-likeness (QED) is 0.810. The molecule has 106 valence electrons. The molecular weight excluding hydrogens is 256 g/mol. The van der Waals surface area contributed by atoms with Crippen LogP contribution in [0.3, 0.4) is 0 Å². The van der Waals surface area contributed by atoms with Gasteiger partial charge in [-0.1, -0.05) is 24.2 Å². The van der Waals surface area contributed by atoms with Gasteiger partial charge in [-0.15, -0.1) is 0 Å². The maximum absolute atomic E-state index is 11.8. The largest absolute Gasteiger partial charge is 0.399 e. The smallest absolute Gasteiger partial charge is 0.246 e. The molecule has 20 heavy (non-hydrogen) atoms. The predicted octanol–water partition coefficient (Wildman–Crippen LogP) is 1.77. The SMILES string of the molecule is Cc1noc(CNC(=O)CC(C)c2ccc(N)cc2)n1. The molecular formula is C14H18N4O2. The van der Waals surface area contributed by atoms with E-state index in [0.29, 0.717) is 18.1 Å². The van der Waals surface area contributed by atoms with Crippen molar-refractivity contribution in [1.82, 2.24) is 15.5 Å². The van der Waals surface area contributed by atoms with Crippen LogP contribution < -0.4 is 11.1 Å². The molecule has 1 amide bonds. The summed E-state index contributed by atoms with van der Waals surface area (Å²) in [5.74, 6) is 1.05. The molecule has 1 unspecified atom stereocenters. The number of nitrogens with zero attached hydrogens (tertiary/aromatic N) is 2. The number of carbonyl (C=O) groups is 1. The second-order valence-corrected chi connectivity index (χ2v) is 4.78. The van der Waals surface area contributed by atoms with Gasteiger partial charge in [-0.25, -0.2) is 0 Å². The number of hydrogen-bond donors (Lipinski definition) is 2. The van der Waals surface area contributed by atoms with Crippen LogP contribution in [0.5, 0.6) is 0 Å². The average molecular weight is 274 g/mol. The van der Waals surface area contributed by atoms with Crippen LogP contribution in [0.1, 0.15) is 36.5 Å². The molecule has 3 N–H and O–H groups in total. The van der Waals surface area contributed by atoms with Crippen LogP contribution in [0, 0.1) is 6.92 Å². The van der Waals surface area contributed by atoms with Crippen LogP contribution in [-0.2, 0) is 11.3 Å². The summed E-state index contributed by atoms with van der Waals surface area (Å²) in [5, 5.41) is 6.43. The van der Waals surface area contributed by atoms with E-state index in [1.54, 1.807) is 6.92 Å². The molecule has 6 nitrogen and oxygen atoms in total. The third kappa shape index (κ3) is 3.81. The highest BCUT2D eigenvalue weighted by Gasteiger charge is 2.12. The highest BCUT2D eigenvalue weighted by molar-refractivity contribution is 5.76. The molecule has 0 aliphatic carbocycles. The lowest BCUT2D eigenvalue weighted by Gasteiger charge is -2.11. The molecule has 1 atom stereocenters. The van der Waals surface area contributed by atoms with E-state index < -0.39 is 0 Å². The third-order valence-corrected chi connectivity index (χ3v) is 3.00. The Balaban J connectivity index is 1.83. The number of aromatic nitrogens is 2. The van der Waals surface area contributed by atoms with Crippen molar-refractivity contribution in [2.45, 2.75) is 32.7 Å². The van der Waals surface area contributed by atoms with E-state index in [0.717, 1.165) is 11.3 Å². The van der Waals surface area contributed by atoms with Crippen molar-refractivity contribution in [3.8, 4) is 0 Å². The standard InChI is InChI=1S/C14H18N4O2/c1-9(11-3-5-12(15)6-4-11)7-13(19)16-8-14-17-10(2)18-20-14/h3-6,9H,7-8,15H2,1-2H3,(H,16,19). The minimum Gasteiger partial charge on any atom is -0.399 e. The molecule has 1 aromatic heterocycles. The van der Waals surface area contributed by atoms with Crippen molar-refractivity contribution in [2.24, 2.45) is 0 Å². The molecule has 2 rings (SSSR count). The van der Waals surface area contributed by atoms with Crippen molar-refractivity contribution in [1.29, 1.82) is 0 Å². The number of amides is 1. The second kappa shape index (κ2) is 6.18. The summed E-state index contributed by atoms with van der Waals surface area (Å²) in [4.78, 5) is 15.9. The van der Waals surface area contributed by atoms with Crippen molar-refractivity contribution >= 4 is 11.6 Å². The molecule has 0 saturated carbocycles. The Bertz CT molecular complexity index is 577. The van der Waals surface area contributed by atoms with Gasteiger partial charge in [-0.2, -0.15) is 4.98 Å². The van der Waals surface area contributed by atoms with Crippen molar-refractivity contribution in [3.63, 3.8) is 0 Å². The first-order valence-corrected chi connectivity index (χ1v) is 6.46. The van der Waals surface area contributed by atoms with E-state index in [9.17, 15) is 4.79 Å². The summed E-state index contributed by atoms with van der Waals surface area (Å²) in [6, 6.07) is 7.55. The molecule has 0 aliphatic heterocycles. The number of carbonyl (C=O) groups excluding carboxylic acids is 1. The van der Waals surface area contributed by atoms with Gasteiger partial charge in [0.1, 0.15) is 0 Å². The summed E-state index contributed by atoms with van der Waals surface area (Å²) >= 11 is 0. The Hall–Kier alpha value is -2.37. The number of hydrogen-bond acceptors (Lipinski definition) is 5. The highest BCUT2D eigenvalue weighted by Crippen LogP contribution is 2.19. The van der Waals surface area contributed by atoms with Gasteiger partial charge in [0.2, 0.25) is 11.8 Å². The molecule has 0 radical (unpaired) electrons. The maximum atomic E-state index is 11.8. The normalized spacial score (nSPS) is 12.1. The molecule has 1 aromatic carbocycles. The van der Waals surface area contributed by atoms with Crippen LogP contribution in [0.2, 0.25) is 0 Å². The lowest BCUT2D eigenvalue weighted by atomic mass is 9.97. The molecule has 0 spiro atoms. The topological polar surface area (TPSA) is 94.0 Å². The lowest BCUT2D eigenvalue weighted by molar-refractivity contribution is -0.121. The Morgan fingerprint density at radius 1 is 1.40 bits per heavy atom. The maximum Gasteiger partial charge on any atom is 0.246 e. The van der Waals surface area contributed by atoms with Gasteiger partial charge >= 0.3 is 0 Å². The number of nitrogen functional groups attached to an aromatic ring is 1. The molecule has 6 heteroatoms. The minimum atomic E-state index is -0.0508. The summed E-state index contributed by atoms with van der Waals surface area (Å²) in [5.41, 5.74) is 7.45. The number of anilines is 1. The van der Waals surface area contributed by atoms with E-state index >= 15 is 0 Å². The second-order valence-electron chi connectivity index (χ2n) is 4.78. The molecule has 0 saturated heterocycles. The zero-order valence-electron chi connectivity index (χ0n) is 11.6. The van der Waals surface area contributed by atoms with E-state index in [4.69, 9.17) is 10.3 Å².